The highest BCUT2D eigenvalue weighted by Crippen LogP contribution is 1.91. The summed E-state index contributed by atoms with van der Waals surface area (Å²) in [5, 5.41) is 0.457. The Morgan fingerprint density at radius 1 is 1.78 bits per heavy atom. The van der Waals surface area contributed by atoms with E-state index in [2.05, 4.69) is 17.6 Å². The van der Waals surface area contributed by atoms with Gasteiger partial charge in [-0.3, -0.25) is 4.79 Å². The lowest BCUT2D eigenvalue weighted by Gasteiger charge is -1.92. The maximum absolute atomic E-state index is 10.7. The lowest BCUT2D eigenvalue weighted by Crippen LogP contribution is -2.15. The van der Waals surface area contributed by atoms with E-state index in [-0.39, 0.29) is 5.56 Å². The highest BCUT2D eigenvalue weighted by molar-refractivity contribution is 7.80. The SMILES string of the molecule is Cn1cnc(S)cc1=O. The number of hydrogen-bond donors (Lipinski definition) is 1. The van der Waals surface area contributed by atoms with Gasteiger partial charge in [-0.15, -0.1) is 12.6 Å². The molecule has 48 valence electrons. The molecule has 0 aliphatic carbocycles. The molecule has 0 fully saturated rings. The summed E-state index contributed by atoms with van der Waals surface area (Å²) < 4.78 is 1.39. The van der Waals surface area contributed by atoms with Gasteiger partial charge in [0.25, 0.3) is 5.56 Å². The van der Waals surface area contributed by atoms with Crippen molar-refractivity contribution in [1.82, 2.24) is 9.55 Å². The third-order valence-electron chi connectivity index (χ3n) is 0.963. The van der Waals surface area contributed by atoms with Gasteiger partial charge >= 0.3 is 0 Å². The van der Waals surface area contributed by atoms with Crippen LogP contribution < -0.4 is 5.56 Å². The molecule has 4 heteroatoms. The van der Waals surface area contributed by atoms with Crippen LogP contribution in [0.2, 0.25) is 0 Å². The molecule has 0 radical (unpaired) electrons. The summed E-state index contributed by atoms with van der Waals surface area (Å²) in [4.78, 5) is 14.5. The fourth-order valence-corrected chi connectivity index (χ4v) is 0.614. The summed E-state index contributed by atoms with van der Waals surface area (Å²) >= 11 is 3.88. The van der Waals surface area contributed by atoms with Crippen LogP contribution in [0.15, 0.2) is 22.2 Å². The molecule has 0 amide bonds. The zero-order valence-corrected chi connectivity index (χ0v) is 5.80. The summed E-state index contributed by atoms with van der Waals surface area (Å²) in [5.74, 6) is 0. The average Bonchev–Trinajstić information content (AvgIpc) is 1.80. The topological polar surface area (TPSA) is 34.9 Å². The zero-order valence-electron chi connectivity index (χ0n) is 4.90. The van der Waals surface area contributed by atoms with Crippen LogP contribution in [-0.2, 0) is 7.05 Å². The Balaban J connectivity index is 3.34. The van der Waals surface area contributed by atoms with Crippen molar-refractivity contribution in [2.24, 2.45) is 7.05 Å². The van der Waals surface area contributed by atoms with Crippen molar-refractivity contribution in [3.05, 3.63) is 22.7 Å². The Kier molecular flexibility index (Phi) is 1.57. The quantitative estimate of drug-likeness (QED) is 0.411. The lowest BCUT2D eigenvalue weighted by molar-refractivity contribution is 0.798. The minimum Gasteiger partial charge on any atom is -0.302 e. The molecule has 1 aromatic heterocycles. The van der Waals surface area contributed by atoms with Gasteiger partial charge in [0.05, 0.1) is 6.33 Å². The molecule has 1 aromatic rings. The number of nitrogens with zero attached hydrogens (tertiary/aromatic N) is 2. The summed E-state index contributed by atoms with van der Waals surface area (Å²) in [6, 6.07) is 1.36. The second-order valence-electron chi connectivity index (χ2n) is 1.70. The molecule has 0 aliphatic heterocycles. The number of thiol groups is 1. The molecule has 0 bridgehead atoms. The molecule has 1 rings (SSSR count). The molecular formula is C5H6N2OS. The molecule has 0 spiro atoms. The first-order valence-corrected chi connectivity index (χ1v) is 2.86. The van der Waals surface area contributed by atoms with E-state index in [4.69, 9.17) is 0 Å². The summed E-state index contributed by atoms with van der Waals surface area (Å²) in [7, 11) is 1.64. The van der Waals surface area contributed by atoms with Gasteiger partial charge in [-0.1, -0.05) is 0 Å². The Morgan fingerprint density at radius 3 is 2.89 bits per heavy atom. The maximum Gasteiger partial charge on any atom is 0.254 e. The number of hydrogen-bond acceptors (Lipinski definition) is 3. The van der Waals surface area contributed by atoms with E-state index in [1.54, 1.807) is 7.05 Å². The normalized spacial score (nSPS) is 9.56. The zero-order chi connectivity index (χ0) is 6.85. The third kappa shape index (κ3) is 1.32. The van der Waals surface area contributed by atoms with E-state index in [0.717, 1.165) is 0 Å². The average molecular weight is 142 g/mol. The first kappa shape index (κ1) is 6.35. The molecule has 0 aliphatic rings. The monoisotopic (exact) mass is 142 g/mol. The van der Waals surface area contributed by atoms with E-state index in [1.807, 2.05) is 0 Å². The lowest BCUT2D eigenvalue weighted by atomic mass is 10.6. The molecule has 0 saturated carbocycles. The molecule has 1 heterocycles. The Labute approximate surface area is 57.8 Å². The largest absolute Gasteiger partial charge is 0.302 e. The molecular weight excluding hydrogens is 136 g/mol. The summed E-state index contributed by atoms with van der Waals surface area (Å²) in [6.45, 7) is 0. The van der Waals surface area contributed by atoms with Crippen LogP contribution in [0.4, 0.5) is 0 Å². The first-order valence-electron chi connectivity index (χ1n) is 2.42. The molecule has 0 saturated heterocycles. The highest BCUT2D eigenvalue weighted by Gasteiger charge is 1.88. The van der Waals surface area contributed by atoms with Crippen molar-refractivity contribution >= 4 is 12.6 Å². The molecule has 0 N–H and O–H groups in total. The van der Waals surface area contributed by atoms with Crippen LogP contribution in [0.25, 0.3) is 0 Å². The minimum atomic E-state index is -0.0880. The summed E-state index contributed by atoms with van der Waals surface area (Å²) in [5.41, 5.74) is -0.0880. The number of rotatable bonds is 0. The van der Waals surface area contributed by atoms with Crippen molar-refractivity contribution in [3.8, 4) is 0 Å². The molecule has 0 aromatic carbocycles. The van der Waals surface area contributed by atoms with Gasteiger partial charge in [0, 0.05) is 13.1 Å². The first-order chi connectivity index (χ1) is 4.20. The molecule has 9 heavy (non-hydrogen) atoms. The third-order valence-corrected chi connectivity index (χ3v) is 1.21. The fraction of sp³-hybridized carbons (Fsp3) is 0.200. The highest BCUT2D eigenvalue weighted by atomic mass is 32.1. The van der Waals surface area contributed by atoms with Crippen LogP contribution in [0.3, 0.4) is 0 Å². The van der Waals surface area contributed by atoms with Gasteiger partial charge in [0.2, 0.25) is 0 Å². The van der Waals surface area contributed by atoms with Gasteiger partial charge in [-0.25, -0.2) is 4.98 Å². The molecule has 3 nitrogen and oxygen atoms in total. The van der Waals surface area contributed by atoms with Crippen molar-refractivity contribution in [1.29, 1.82) is 0 Å². The van der Waals surface area contributed by atoms with Crippen LogP contribution in [0.1, 0.15) is 0 Å². The number of aryl methyl sites for hydroxylation is 1. The predicted molar refractivity (Wildman–Crippen MR) is 36.7 cm³/mol. The van der Waals surface area contributed by atoms with Gasteiger partial charge in [-0.2, -0.15) is 0 Å². The van der Waals surface area contributed by atoms with Crippen LogP contribution in [-0.4, -0.2) is 9.55 Å². The van der Waals surface area contributed by atoms with Crippen molar-refractivity contribution in [3.63, 3.8) is 0 Å². The Morgan fingerprint density at radius 2 is 2.44 bits per heavy atom. The van der Waals surface area contributed by atoms with Crippen molar-refractivity contribution in [2.75, 3.05) is 0 Å². The van der Waals surface area contributed by atoms with Crippen molar-refractivity contribution in [2.45, 2.75) is 5.03 Å². The van der Waals surface area contributed by atoms with Crippen LogP contribution in [0, 0.1) is 0 Å². The maximum atomic E-state index is 10.7. The van der Waals surface area contributed by atoms with Gasteiger partial charge in [-0.05, 0) is 0 Å². The Bertz CT molecular complexity index is 268. The Hall–Kier alpha value is -0.770. The van der Waals surface area contributed by atoms with E-state index in [1.165, 1.54) is 17.0 Å². The molecule has 0 unspecified atom stereocenters. The van der Waals surface area contributed by atoms with Crippen LogP contribution in [0.5, 0.6) is 0 Å². The molecule has 0 atom stereocenters. The second kappa shape index (κ2) is 2.23. The second-order valence-corrected chi connectivity index (χ2v) is 2.15. The van der Waals surface area contributed by atoms with Gasteiger partial charge in [0.15, 0.2) is 0 Å². The van der Waals surface area contributed by atoms with E-state index < -0.39 is 0 Å². The summed E-state index contributed by atoms with van der Waals surface area (Å²) in [6.07, 6.45) is 1.44. The van der Waals surface area contributed by atoms with E-state index in [0.29, 0.717) is 5.03 Å². The van der Waals surface area contributed by atoms with Gasteiger partial charge in [0.1, 0.15) is 5.03 Å². The fourth-order valence-electron chi connectivity index (χ4n) is 0.452. The van der Waals surface area contributed by atoms with Gasteiger partial charge < -0.3 is 4.57 Å². The van der Waals surface area contributed by atoms with Crippen LogP contribution >= 0.6 is 12.6 Å². The van der Waals surface area contributed by atoms with E-state index >= 15 is 0 Å². The standard InChI is InChI=1S/C5H6N2OS/c1-7-3-6-4(9)2-5(7)8/h2-3,9H,1H3. The smallest absolute Gasteiger partial charge is 0.254 e. The van der Waals surface area contributed by atoms with E-state index in [9.17, 15) is 4.79 Å². The number of aromatic nitrogens is 2. The minimum absolute atomic E-state index is 0.0880. The van der Waals surface area contributed by atoms with Crippen molar-refractivity contribution < 1.29 is 0 Å². The predicted octanol–water partition coefficient (Wildman–Crippen LogP) is 0.0690.